The topological polar surface area (TPSA) is 15.3 Å². The molecular weight excluding hydrogens is 276 g/mol. The monoisotopic (exact) mass is 308 g/mol. The van der Waals surface area contributed by atoms with Gasteiger partial charge in [-0.2, -0.15) is 0 Å². The van der Waals surface area contributed by atoms with E-state index in [4.69, 9.17) is 0 Å². The number of nitrogens with one attached hydrogen (secondary N) is 1. The average molecular weight is 309 g/mol. The molecule has 21 heavy (non-hydrogen) atoms. The molecule has 3 heteroatoms. The highest BCUT2D eigenvalue weighted by Gasteiger charge is 2.27. The number of likely N-dealkylation sites (tertiary alicyclic amines) is 1. The van der Waals surface area contributed by atoms with Gasteiger partial charge in [-0.15, -0.1) is 11.3 Å². The highest BCUT2D eigenvalue weighted by Crippen LogP contribution is 2.34. The summed E-state index contributed by atoms with van der Waals surface area (Å²) in [4.78, 5) is 5.65. The zero-order valence-corrected chi connectivity index (χ0v) is 15.1. The number of hydrogen-bond acceptors (Lipinski definition) is 3. The number of thiophene rings is 1. The summed E-state index contributed by atoms with van der Waals surface area (Å²) in [5.41, 5.74) is 0.470. The SMILES string of the molecule is CCNCc1ccc(CN2CCCC(C(C)(C)C)CC2)s1. The lowest BCUT2D eigenvalue weighted by molar-refractivity contribution is 0.207. The van der Waals surface area contributed by atoms with E-state index in [2.05, 4.69) is 50.0 Å². The summed E-state index contributed by atoms with van der Waals surface area (Å²) < 4.78 is 0. The minimum atomic E-state index is 0.470. The van der Waals surface area contributed by atoms with Crippen LogP contribution in [0.1, 0.15) is 56.7 Å². The third kappa shape index (κ3) is 5.39. The Morgan fingerprint density at radius 2 is 1.95 bits per heavy atom. The molecule has 2 heterocycles. The molecule has 1 aromatic rings. The van der Waals surface area contributed by atoms with Crippen molar-refractivity contribution in [3.63, 3.8) is 0 Å². The third-order valence-electron chi connectivity index (χ3n) is 4.69. The zero-order chi connectivity index (χ0) is 15.3. The van der Waals surface area contributed by atoms with E-state index in [1.807, 2.05) is 11.3 Å². The first-order chi connectivity index (χ1) is 9.99. The van der Waals surface area contributed by atoms with Gasteiger partial charge in [0, 0.05) is 22.8 Å². The molecule has 1 saturated heterocycles. The van der Waals surface area contributed by atoms with Gasteiger partial charge in [-0.05, 0) is 62.4 Å². The van der Waals surface area contributed by atoms with Gasteiger partial charge in [0.15, 0.2) is 0 Å². The van der Waals surface area contributed by atoms with E-state index in [0.717, 1.165) is 25.6 Å². The summed E-state index contributed by atoms with van der Waals surface area (Å²) in [5.74, 6) is 0.884. The van der Waals surface area contributed by atoms with Gasteiger partial charge in [0.25, 0.3) is 0 Å². The predicted octanol–water partition coefficient (Wildman–Crippen LogP) is 4.51. The van der Waals surface area contributed by atoms with Crippen LogP contribution in [0.25, 0.3) is 0 Å². The number of hydrogen-bond donors (Lipinski definition) is 1. The highest BCUT2D eigenvalue weighted by atomic mass is 32.1. The lowest BCUT2D eigenvalue weighted by Gasteiger charge is -2.29. The Labute approximate surface area is 134 Å². The second kappa shape index (κ2) is 7.75. The van der Waals surface area contributed by atoms with Crippen LogP contribution in [-0.2, 0) is 13.1 Å². The normalized spacial score (nSPS) is 21.4. The largest absolute Gasteiger partial charge is 0.312 e. The van der Waals surface area contributed by atoms with Gasteiger partial charge in [0.1, 0.15) is 0 Å². The third-order valence-corrected chi connectivity index (χ3v) is 5.76. The van der Waals surface area contributed by atoms with Gasteiger partial charge in [-0.25, -0.2) is 0 Å². The second-order valence-corrected chi connectivity index (χ2v) is 8.67. The molecule has 120 valence electrons. The van der Waals surface area contributed by atoms with Crippen LogP contribution >= 0.6 is 11.3 Å². The molecule has 1 N–H and O–H groups in total. The quantitative estimate of drug-likeness (QED) is 0.861. The minimum Gasteiger partial charge on any atom is -0.312 e. The summed E-state index contributed by atoms with van der Waals surface area (Å²) in [5, 5.41) is 3.41. The first-order valence-corrected chi connectivity index (χ1v) is 9.31. The summed E-state index contributed by atoms with van der Waals surface area (Å²) in [6.45, 7) is 15.1. The molecule has 0 radical (unpaired) electrons. The lowest BCUT2D eigenvalue weighted by atomic mass is 9.77. The Morgan fingerprint density at radius 1 is 1.19 bits per heavy atom. The lowest BCUT2D eigenvalue weighted by Crippen LogP contribution is -2.25. The van der Waals surface area contributed by atoms with Crippen molar-refractivity contribution < 1.29 is 0 Å². The van der Waals surface area contributed by atoms with Crippen LogP contribution in [-0.4, -0.2) is 24.5 Å². The summed E-state index contributed by atoms with van der Waals surface area (Å²) in [6.07, 6.45) is 4.12. The van der Waals surface area contributed by atoms with Crippen molar-refractivity contribution in [2.45, 2.75) is 60.0 Å². The van der Waals surface area contributed by atoms with E-state index in [9.17, 15) is 0 Å². The first kappa shape index (κ1) is 17.0. The van der Waals surface area contributed by atoms with Crippen molar-refractivity contribution in [2.75, 3.05) is 19.6 Å². The predicted molar refractivity (Wildman–Crippen MR) is 93.8 cm³/mol. The highest BCUT2D eigenvalue weighted by molar-refractivity contribution is 7.11. The van der Waals surface area contributed by atoms with E-state index in [0.29, 0.717) is 5.41 Å². The van der Waals surface area contributed by atoms with Crippen molar-refractivity contribution in [3.8, 4) is 0 Å². The molecule has 0 spiro atoms. The zero-order valence-electron chi connectivity index (χ0n) is 14.2. The van der Waals surface area contributed by atoms with Crippen molar-refractivity contribution in [1.82, 2.24) is 10.2 Å². The molecule has 1 unspecified atom stereocenters. The van der Waals surface area contributed by atoms with Gasteiger partial charge in [-0.3, -0.25) is 4.90 Å². The van der Waals surface area contributed by atoms with Crippen molar-refractivity contribution in [1.29, 1.82) is 0 Å². The summed E-state index contributed by atoms with van der Waals surface area (Å²) in [6, 6.07) is 4.61. The molecule has 1 fully saturated rings. The van der Waals surface area contributed by atoms with Crippen LogP contribution in [0.15, 0.2) is 12.1 Å². The smallest absolute Gasteiger partial charge is 0.0328 e. The van der Waals surface area contributed by atoms with Gasteiger partial charge >= 0.3 is 0 Å². The molecule has 0 aromatic carbocycles. The fraction of sp³-hybridized carbons (Fsp3) is 0.778. The van der Waals surface area contributed by atoms with Gasteiger partial charge in [0.05, 0.1) is 0 Å². The van der Waals surface area contributed by atoms with Crippen LogP contribution in [0.2, 0.25) is 0 Å². The van der Waals surface area contributed by atoms with Crippen LogP contribution in [0.5, 0.6) is 0 Å². The van der Waals surface area contributed by atoms with Crippen molar-refractivity contribution in [3.05, 3.63) is 21.9 Å². The fourth-order valence-corrected chi connectivity index (χ4v) is 4.28. The maximum Gasteiger partial charge on any atom is 0.0328 e. The molecule has 1 aliphatic heterocycles. The van der Waals surface area contributed by atoms with E-state index in [1.54, 1.807) is 0 Å². The molecule has 1 aliphatic rings. The molecular formula is C18H32N2S. The second-order valence-electron chi connectivity index (χ2n) is 7.42. The fourth-order valence-electron chi connectivity index (χ4n) is 3.25. The minimum absolute atomic E-state index is 0.470. The van der Waals surface area contributed by atoms with E-state index in [-0.39, 0.29) is 0 Å². The molecule has 1 atom stereocenters. The standard InChI is InChI=1S/C18H32N2S/c1-5-19-13-16-8-9-17(21-16)14-20-11-6-7-15(10-12-20)18(2,3)4/h8-9,15,19H,5-7,10-14H2,1-4H3. The Bertz CT molecular complexity index is 419. The van der Waals surface area contributed by atoms with E-state index < -0.39 is 0 Å². The van der Waals surface area contributed by atoms with Crippen molar-refractivity contribution in [2.24, 2.45) is 11.3 Å². The maximum absolute atomic E-state index is 3.41. The Kier molecular flexibility index (Phi) is 6.27. The van der Waals surface area contributed by atoms with Crippen LogP contribution in [0, 0.1) is 11.3 Å². The molecule has 2 rings (SSSR count). The summed E-state index contributed by atoms with van der Waals surface area (Å²) in [7, 11) is 0. The van der Waals surface area contributed by atoms with Crippen molar-refractivity contribution >= 4 is 11.3 Å². The molecule has 0 bridgehead atoms. The average Bonchev–Trinajstić information content (AvgIpc) is 2.71. The van der Waals surface area contributed by atoms with E-state index >= 15 is 0 Å². The maximum atomic E-state index is 3.41. The van der Waals surface area contributed by atoms with Crippen LogP contribution in [0.4, 0.5) is 0 Å². The number of rotatable bonds is 5. The molecule has 0 saturated carbocycles. The first-order valence-electron chi connectivity index (χ1n) is 8.49. The summed E-state index contributed by atoms with van der Waals surface area (Å²) >= 11 is 1.98. The van der Waals surface area contributed by atoms with E-state index in [1.165, 1.54) is 42.1 Å². The van der Waals surface area contributed by atoms with Crippen LogP contribution in [0.3, 0.4) is 0 Å². The van der Waals surface area contributed by atoms with Gasteiger partial charge < -0.3 is 5.32 Å². The van der Waals surface area contributed by atoms with Gasteiger partial charge in [-0.1, -0.05) is 27.7 Å². The molecule has 0 aliphatic carbocycles. The Morgan fingerprint density at radius 3 is 2.67 bits per heavy atom. The molecule has 2 nitrogen and oxygen atoms in total. The number of nitrogens with zero attached hydrogens (tertiary/aromatic N) is 1. The Hall–Kier alpha value is -0.380. The van der Waals surface area contributed by atoms with Gasteiger partial charge in [0.2, 0.25) is 0 Å². The Balaban J connectivity index is 1.84. The molecule has 0 amide bonds. The van der Waals surface area contributed by atoms with Crippen LogP contribution < -0.4 is 5.32 Å². The molecule has 1 aromatic heterocycles.